The minimum Gasteiger partial charge on any atom is -0.489 e. The van der Waals surface area contributed by atoms with Crippen molar-refractivity contribution in [3.8, 4) is 5.75 Å². The lowest BCUT2D eigenvalue weighted by molar-refractivity contribution is -0.115. The predicted molar refractivity (Wildman–Crippen MR) is 122 cm³/mol. The number of primary amides is 1. The molecular weight excluding hydrogens is 410 g/mol. The Balaban J connectivity index is 1.77. The number of thioether (sulfide) groups is 1. The summed E-state index contributed by atoms with van der Waals surface area (Å²) in [4.78, 5) is 17.0. The maximum atomic E-state index is 12.4. The van der Waals surface area contributed by atoms with Crippen LogP contribution in [0.25, 0.3) is 0 Å². The van der Waals surface area contributed by atoms with Crippen LogP contribution in [0.1, 0.15) is 36.6 Å². The van der Waals surface area contributed by atoms with Crippen molar-refractivity contribution in [1.29, 1.82) is 0 Å². The molecule has 2 aromatic carbocycles. The quantitative estimate of drug-likeness (QED) is 0.544. The van der Waals surface area contributed by atoms with E-state index in [1.807, 2.05) is 56.3 Å². The van der Waals surface area contributed by atoms with Gasteiger partial charge in [-0.15, -0.1) is 5.10 Å². The SMILES string of the molecule is CCSc1nc2n(n1)C(c1ccccc1OCc1ccccc1C)C(C(N)=O)=C(C)N2. The number of benzene rings is 2. The number of nitrogens with one attached hydrogen (secondary N) is 1. The number of fused-ring (bicyclic) bond motifs is 1. The molecule has 0 spiro atoms. The van der Waals surface area contributed by atoms with Gasteiger partial charge in [0.05, 0.1) is 5.57 Å². The molecule has 8 heteroatoms. The molecular formula is C23H25N5O2S. The number of anilines is 1. The van der Waals surface area contributed by atoms with Crippen LogP contribution >= 0.6 is 11.8 Å². The Bertz CT molecular complexity index is 1150. The van der Waals surface area contributed by atoms with Crippen molar-refractivity contribution in [2.45, 2.75) is 38.6 Å². The summed E-state index contributed by atoms with van der Waals surface area (Å²) in [7, 11) is 0. The molecule has 0 saturated heterocycles. The molecule has 1 atom stereocenters. The highest BCUT2D eigenvalue weighted by atomic mass is 32.2. The van der Waals surface area contributed by atoms with Crippen LogP contribution < -0.4 is 15.8 Å². The normalized spacial score (nSPS) is 15.4. The minimum absolute atomic E-state index is 0.421. The Kier molecular flexibility index (Phi) is 5.99. The van der Waals surface area contributed by atoms with E-state index in [1.165, 1.54) is 0 Å². The van der Waals surface area contributed by atoms with Gasteiger partial charge in [0.15, 0.2) is 0 Å². The highest BCUT2D eigenvalue weighted by Gasteiger charge is 2.35. The van der Waals surface area contributed by atoms with Crippen molar-refractivity contribution in [2.75, 3.05) is 11.1 Å². The van der Waals surface area contributed by atoms with Crippen LogP contribution in [0.5, 0.6) is 5.75 Å². The summed E-state index contributed by atoms with van der Waals surface area (Å²) in [6.45, 7) is 6.35. The highest BCUT2D eigenvalue weighted by Crippen LogP contribution is 2.39. The summed E-state index contributed by atoms with van der Waals surface area (Å²) in [5.74, 6) is 1.60. The summed E-state index contributed by atoms with van der Waals surface area (Å²) in [6.07, 6.45) is 0. The minimum atomic E-state index is -0.527. The average Bonchev–Trinajstić information content (AvgIpc) is 3.14. The van der Waals surface area contributed by atoms with Gasteiger partial charge >= 0.3 is 0 Å². The summed E-state index contributed by atoms with van der Waals surface area (Å²) in [6, 6.07) is 15.3. The number of nitrogens with two attached hydrogens (primary N) is 1. The van der Waals surface area contributed by atoms with Crippen LogP contribution in [0.4, 0.5) is 5.95 Å². The number of aryl methyl sites for hydroxylation is 1. The zero-order chi connectivity index (χ0) is 22.0. The maximum Gasteiger partial charge on any atom is 0.248 e. The molecule has 3 N–H and O–H groups in total. The van der Waals surface area contributed by atoms with Gasteiger partial charge in [0.1, 0.15) is 18.4 Å². The molecule has 0 fully saturated rings. The Morgan fingerprint density at radius 3 is 2.68 bits per heavy atom. The lowest BCUT2D eigenvalue weighted by Crippen LogP contribution is -2.32. The second-order valence-electron chi connectivity index (χ2n) is 7.28. The number of rotatable bonds is 7. The lowest BCUT2D eigenvalue weighted by atomic mass is 9.94. The first kappa shape index (κ1) is 21.0. The number of hydrogen-bond acceptors (Lipinski definition) is 6. The largest absolute Gasteiger partial charge is 0.489 e. The Labute approximate surface area is 185 Å². The first-order chi connectivity index (χ1) is 15.0. The Morgan fingerprint density at radius 1 is 1.19 bits per heavy atom. The van der Waals surface area contributed by atoms with Gasteiger partial charge in [0.2, 0.25) is 17.0 Å². The number of nitrogens with zero attached hydrogens (tertiary/aromatic N) is 3. The second kappa shape index (κ2) is 8.85. The van der Waals surface area contributed by atoms with Gasteiger partial charge in [-0.3, -0.25) is 4.79 Å². The summed E-state index contributed by atoms with van der Waals surface area (Å²) in [5.41, 5.74) is 9.98. The molecule has 0 radical (unpaired) electrons. The van der Waals surface area contributed by atoms with Crippen molar-refractivity contribution < 1.29 is 9.53 Å². The third-order valence-electron chi connectivity index (χ3n) is 5.23. The molecule has 1 amide bonds. The Hall–Kier alpha value is -3.26. The van der Waals surface area contributed by atoms with Crippen LogP contribution in [0, 0.1) is 6.92 Å². The van der Waals surface area contributed by atoms with Gasteiger partial charge in [0.25, 0.3) is 0 Å². The van der Waals surface area contributed by atoms with Gasteiger partial charge in [-0.1, -0.05) is 61.2 Å². The number of allylic oxidation sites excluding steroid dienone is 1. The topological polar surface area (TPSA) is 95.1 Å². The van der Waals surface area contributed by atoms with Gasteiger partial charge in [0, 0.05) is 11.3 Å². The predicted octanol–water partition coefficient (Wildman–Crippen LogP) is 4.05. The first-order valence-electron chi connectivity index (χ1n) is 10.1. The van der Waals surface area contributed by atoms with E-state index < -0.39 is 11.9 Å². The van der Waals surface area contributed by atoms with E-state index in [1.54, 1.807) is 16.4 Å². The van der Waals surface area contributed by atoms with Crippen molar-refractivity contribution in [3.05, 3.63) is 76.5 Å². The number of hydrogen-bond donors (Lipinski definition) is 2. The monoisotopic (exact) mass is 435 g/mol. The van der Waals surface area contributed by atoms with Crippen molar-refractivity contribution in [1.82, 2.24) is 14.8 Å². The fraction of sp³-hybridized carbons (Fsp3) is 0.261. The van der Waals surface area contributed by atoms with Crippen molar-refractivity contribution >= 4 is 23.6 Å². The first-order valence-corrected chi connectivity index (χ1v) is 11.1. The molecule has 3 aromatic rings. The number of carbonyl (C=O) groups is 1. The maximum absolute atomic E-state index is 12.4. The smallest absolute Gasteiger partial charge is 0.248 e. The highest BCUT2D eigenvalue weighted by molar-refractivity contribution is 7.99. The van der Waals surface area contributed by atoms with Crippen LogP contribution in [0.3, 0.4) is 0 Å². The van der Waals surface area contributed by atoms with Crippen LogP contribution in [-0.4, -0.2) is 26.4 Å². The lowest BCUT2D eigenvalue weighted by Gasteiger charge is -2.28. The molecule has 2 heterocycles. The third kappa shape index (κ3) is 4.16. The summed E-state index contributed by atoms with van der Waals surface area (Å²) < 4.78 is 7.95. The molecule has 1 aliphatic rings. The number of ether oxygens (including phenoxy) is 1. The zero-order valence-electron chi connectivity index (χ0n) is 17.8. The molecule has 31 heavy (non-hydrogen) atoms. The zero-order valence-corrected chi connectivity index (χ0v) is 18.6. The van der Waals surface area contributed by atoms with Gasteiger partial charge in [-0.2, -0.15) is 4.98 Å². The average molecular weight is 436 g/mol. The Morgan fingerprint density at radius 2 is 1.94 bits per heavy atom. The molecule has 7 nitrogen and oxygen atoms in total. The van der Waals surface area contributed by atoms with E-state index in [2.05, 4.69) is 28.4 Å². The molecule has 1 aromatic heterocycles. The number of para-hydroxylation sites is 1. The van der Waals surface area contributed by atoms with Crippen LogP contribution in [0.15, 0.2) is 65.0 Å². The molecule has 4 rings (SSSR count). The van der Waals surface area contributed by atoms with E-state index in [4.69, 9.17) is 10.5 Å². The number of carbonyl (C=O) groups excluding carboxylic acids is 1. The van der Waals surface area contributed by atoms with E-state index >= 15 is 0 Å². The molecule has 160 valence electrons. The van der Waals surface area contributed by atoms with Crippen molar-refractivity contribution in [3.63, 3.8) is 0 Å². The second-order valence-corrected chi connectivity index (χ2v) is 8.51. The van der Waals surface area contributed by atoms with Gasteiger partial charge in [-0.05, 0) is 36.8 Å². The number of aromatic nitrogens is 3. The molecule has 0 aliphatic carbocycles. The van der Waals surface area contributed by atoms with Crippen molar-refractivity contribution in [2.24, 2.45) is 5.73 Å². The fourth-order valence-corrected chi connectivity index (χ4v) is 4.25. The standard InChI is InChI=1S/C23H25N5O2S/c1-4-31-23-26-22-25-15(3)19(21(24)29)20(28(22)27-23)17-11-7-8-12-18(17)30-13-16-10-6-5-9-14(16)2/h5-12,20H,4,13H2,1-3H3,(H2,24,29)(H,25,26,27). The van der Waals surface area contributed by atoms with E-state index in [0.29, 0.717) is 34.7 Å². The third-order valence-corrected chi connectivity index (χ3v) is 5.95. The summed E-state index contributed by atoms with van der Waals surface area (Å²) in [5, 5.41) is 8.46. The van der Waals surface area contributed by atoms with E-state index in [-0.39, 0.29) is 0 Å². The molecule has 1 aliphatic heterocycles. The number of amides is 1. The molecule has 0 saturated carbocycles. The van der Waals surface area contributed by atoms with E-state index in [9.17, 15) is 4.79 Å². The molecule has 0 bridgehead atoms. The van der Waals surface area contributed by atoms with E-state index in [0.717, 1.165) is 22.4 Å². The van der Waals surface area contributed by atoms with Crippen LogP contribution in [-0.2, 0) is 11.4 Å². The fourth-order valence-electron chi connectivity index (χ4n) is 3.69. The van der Waals surface area contributed by atoms with Gasteiger partial charge in [-0.25, -0.2) is 4.68 Å². The summed E-state index contributed by atoms with van der Waals surface area (Å²) >= 11 is 1.54. The molecule has 1 unspecified atom stereocenters. The van der Waals surface area contributed by atoms with Crippen LogP contribution in [0.2, 0.25) is 0 Å². The van der Waals surface area contributed by atoms with Gasteiger partial charge < -0.3 is 15.8 Å².